The Bertz CT molecular complexity index is 576. The molecule has 0 aromatic heterocycles. The van der Waals surface area contributed by atoms with E-state index in [0.717, 1.165) is 16.7 Å². The molecule has 1 N–H and O–H groups in total. The summed E-state index contributed by atoms with van der Waals surface area (Å²) in [4.78, 5) is 10.6. The Morgan fingerprint density at radius 1 is 1.24 bits per heavy atom. The van der Waals surface area contributed by atoms with Gasteiger partial charge in [0.25, 0.3) is 0 Å². The number of rotatable bonds is 2. The summed E-state index contributed by atoms with van der Waals surface area (Å²) < 4.78 is 0. The van der Waals surface area contributed by atoms with Gasteiger partial charge in [0.05, 0.1) is 5.56 Å². The molecule has 0 fully saturated rings. The molecular formula is C14H11ClO2. The molecule has 0 aliphatic rings. The van der Waals surface area contributed by atoms with Crippen LogP contribution in [0.25, 0.3) is 11.1 Å². The normalized spacial score (nSPS) is 10.2. The third-order valence-electron chi connectivity index (χ3n) is 2.74. The van der Waals surface area contributed by atoms with Gasteiger partial charge < -0.3 is 5.11 Å². The number of phenolic OH excluding ortho intramolecular Hbond substituents is 1. The first-order valence-electron chi connectivity index (χ1n) is 5.17. The molecule has 0 saturated carbocycles. The Labute approximate surface area is 104 Å². The van der Waals surface area contributed by atoms with Crippen LogP contribution in [0.4, 0.5) is 0 Å². The Morgan fingerprint density at radius 2 is 2.00 bits per heavy atom. The summed E-state index contributed by atoms with van der Waals surface area (Å²) in [5.41, 5.74) is 3.03. The van der Waals surface area contributed by atoms with Crippen molar-refractivity contribution in [2.45, 2.75) is 6.92 Å². The predicted octanol–water partition coefficient (Wildman–Crippen LogP) is 3.83. The van der Waals surface area contributed by atoms with Crippen molar-refractivity contribution >= 4 is 17.9 Å². The van der Waals surface area contributed by atoms with Gasteiger partial charge >= 0.3 is 0 Å². The summed E-state index contributed by atoms with van der Waals surface area (Å²) >= 11 is 6.04. The van der Waals surface area contributed by atoms with Crippen LogP contribution < -0.4 is 0 Å². The summed E-state index contributed by atoms with van der Waals surface area (Å²) in [6, 6.07) is 10.6. The Kier molecular flexibility index (Phi) is 3.16. The standard InChI is InChI=1S/C14H11ClO2/c1-9-12(3-2-4-13(9)15)10-5-6-11(8-16)14(17)7-10/h2-8,17H,1H3. The zero-order chi connectivity index (χ0) is 12.4. The highest BCUT2D eigenvalue weighted by Crippen LogP contribution is 2.31. The van der Waals surface area contributed by atoms with Gasteiger partial charge in [0.15, 0.2) is 6.29 Å². The molecule has 0 amide bonds. The van der Waals surface area contributed by atoms with Crippen LogP contribution in [-0.2, 0) is 0 Å². The Morgan fingerprint density at radius 3 is 2.65 bits per heavy atom. The van der Waals surface area contributed by atoms with Crippen molar-refractivity contribution in [2.24, 2.45) is 0 Å². The lowest BCUT2D eigenvalue weighted by atomic mass is 9.99. The largest absolute Gasteiger partial charge is 0.507 e. The molecule has 86 valence electrons. The SMILES string of the molecule is Cc1c(Cl)cccc1-c1ccc(C=O)c(O)c1. The van der Waals surface area contributed by atoms with Gasteiger partial charge in [-0.3, -0.25) is 4.79 Å². The fraction of sp³-hybridized carbons (Fsp3) is 0.0714. The summed E-state index contributed by atoms with van der Waals surface area (Å²) in [6.45, 7) is 1.92. The van der Waals surface area contributed by atoms with E-state index in [2.05, 4.69) is 0 Å². The number of hydrogen-bond donors (Lipinski definition) is 1. The smallest absolute Gasteiger partial charge is 0.153 e. The van der Waals surface area contributed by atoms with Gasteiger partial charge in [0, 0.05) is 5.02 Å². The molecule has 17 heavy (non-hydrogen) atoms. The molecule has 0 aliphatic heterocycles. The highest BCUT2D eigenvalue weighted by atomic mass is 35.5. The minimum atomic E-state index is -0.0168. The number of aldehydes is 1. The maximum absolute atomic E-state index is 10.6. The number of carbonyl (C=O) groups excluding carboxylic acids is 1. The van der Waals surface area contributed by atoms with Crippen LogP contribution in [0, 0.1) is 6.92 Å². The first-order chi connectivity index (χ1) is 8.13. The molecule has 3 heteroatoms. The maximum Gasteiger partial charge on any atom is 0.153 e. The van der Waals surface area contributed by atoms with Gasteiger partial charge in [-0.15, -0.1) is 0 Å². The average molecular weight is 247 g/mol. The van der Waals surface area contributed by atoms with E-state index in [1.165, 1.54) is 0 Å². The molecule has 2 rings (SSSR count). The number of halogens is 1. The molecule has 0 radical (unpaired) electrons. The first-order valence-corrected chi connectivity index (χ1v) is 5.55. The van der Waals surface area contributed by atoms with E-state index >= 15 is 0 Å². The lowest BCUT2D eigenvalue weighted by Gasteiger charge is -2.08. The zero-order valence-electron chi connectivity index (χ0n) is 9.27. The summed E-state index contributed by atoms with van der Waals surface area (Å²) in [5.74, 6) is -0.0168. The van der Waals surface area contributed by atoms with Crippen LogP contribution in [0.3, 0.4) is 0 Å². The third kappa shape index (κ3) is 2.17. The van der Waals surface area contributed by atoms with E-state index in [0.29, 0.717) is 11.3 Å². The molecular weight excluding hydrogens is 236 g/mol. The first kappa shape index (κ1) is 11.7. The van der Waals surface area contributed by atoms with Crippen LogP contribution >= 0.6 is 11.6 Å². The number of carbonyl (C=O) groups is 1. The van der Waals surface area contributed by atoms with E-state index in [4.69, 9.17) is 11.6 Å². The molecule has 2 aromatic carbocycles. The van der Waals surface area contributed by atoms with E-state index in [1.54, 1.807) is 18.2 Å². The number of phenols is 1. The van der Waals surface area contributed by atoms with Crippen LogP contribution in [0.5, 0.6) is 5.75 Å². The molecule has 0 unspecified atom stereocenters. The summed E-state index contributed by atoms with van der Waals surface area (Å²) in [7, 11) is 0. The van der Waals surface area contributed by atoms with Gasteiger partial charge in [-0.2, -0.15) is 0 Å². The molecule has 0 bridgehead atoms. The number of aromatic hydroxyl groups is 1. The number of hydrogen-bond acceptors (Lipinski definition) is 2. The molecule has 0 aliphatic carbocycles. The minimum absolute atomic E-state index is 0.0168. The average Bonchev–Trinajstić information content (AvgIpc) is 2.32. The predicted molar refractivity (Wildman–Crippen MR) is 68.7 cm³/mol. The van der Waals surface area contributed by atoms with Crippen molar-refractivity contribution in [1.82, 2.24) is 0 Å². The van der Waals surface area contributed by atoms with Gasteiger partial charge in [0.2, 0.25) is 0 Å². The fourth-order valence-electron chi connectivity index (χ4n) is 1.73. The lowest BCUT2D eigenvalue weighted by molar-refractivity contribution is 0.112. The van der Waals surface area contributed by atoms with E-state index in [9.17, 15) is 9.90 Å². The van der Waals surface area contributed by atoms with Gasteiger partial charge in [-0.1, -0.05) is 29.8 Å². The van der Waals surface area contributed by atoms with Crippen molar-refractivity contribution in [3.63, 3.8) is 0 Å². The molecule has 2 nitrogen and oxygen atoms in total. The van der Waals surface area contributed by atoms with E-state index in [1.807, 2.05) is 25.1 Å². The number of benzene rings is 2. The van der Waals surface area contributed by atoms with Gasteiger partial charge in [-0.25, -0.2) is 0 Å². The maximum atomic E-state index is 10.6. The second-order valence-electron chi connectivity index (χ2n) is 3.80. The van der Waals surface area contributed by atoms with Crippen molar-refractivity contribution in [3.05, 3.63) is 52.5 Å². The molecule has 0 atom stereocenters. The van der Waals surface area contributed by atoms with E-state index < -0.39 is 0 Å². The Hall–Kier alpha value is -1.80. The summed E-state index contributed by atoms with van der Waals surface area (Å²) in [6.07, 6.45) is 0.629. The zero-order valence-corrected chi connectivity index (χ0v) is 10.0. The highest BCUT2D eigenvalue weighted by Gasteiger charge is 2.07. The molecule has 0 spiro atoms. The topological polar surface area (TPSA) is 37.3 Å². The second-order valence-corrected chi connectivity index (χ2v) is 4.21. The quantitative estimate of drug-likeness (QED) is 0.818. The van der Waals surface area contributed by atoms with Crippen LogP contribution in [-0.4, -0.2) is 11.4 Å². The lowest BCUT2D eigenvalue weighted by Crippen LogP contribution is -1.86. The monoisotopic (exact) mass is 246 g/mol. The highest BCUT2D eigenvalue weighted by molar-refractivity contribution is 6.31. The fourth-order valence-corrected chi connectivity index (χ4v) is 1.91. The van der Waals surface area contributed by atoms with E-state index in [-0.39, 0.29) is 11.3 Å². The van der Waals surface area contributed by atoms with Crippen LogP contribution in [0.1, 0.15) is 15.9 Å². The molecule has 2 aromatic rings. The second kappa shape index (κ2) is 4.60. The molecule has 0 heterocycles. The minimum Gasteiger partial charge on any atom is -0.507 e. The third-order valence-corrected chi connectivity index (χ3v) is 3.15. The van der Waals surface area contributed by atoms with Crippen LogP contribution in [0.15, 0.2) is 36.4 Å². The van der Waals surface area contributed by atoms with Crippen LogP contribution in [0.2, 0.25) is 5.02 Å². The van der Waals surface area contributed by atoms with Crippen molar-refractivity contribution in [3.8, 4) is 16.9 Å². The molecule has 0 saturated heterocycles. The Balaban J connectivity index is 2.57. The summed E-state index contributed by atoms with van der Waals surface area (Å²) in [5, 5.41) is 10.3. The van der Waals surface area contributed by atoms with Gasteiger partial charge in [0.1, 0.15) is 5.75 Å². The van der Waals surface area contributed by atoms with Crippen molar-refractivity contribution < 1.29 is 9.90 Å². The van der Waals surface area contributed by atoms with Gasteiger partial charge in [-0.05, 0) is 41.8 Å². The van der Waals surface area contributed by atoms with Crippen molar-refractivity contribution in [1.29, 1.82) is 0 Å². The van der Waals surface area contributed by atoms with Crippen molar-refractivity contribution in [2.75, 3.05) is 0 Å².